The third kappa shape index (κ3) is 3.15. The number of ketones is 1. The topological polar surface area (TPSA) is 17.1 Å². The molecule has 3 heteroatoms. The molecule has 1 atom stereocenters. The molecule has 0 bridgehead atoms. The van der Waals surface area contributed by atoms with E-state index in [1.54, 1.807) is 0 Å². The third-order valence-electron chi connectivity index (χ3n) is 3.44. The fourth-order valence-electron chi connectivity index (χ4n) is 1.91. The first kappa shape index (κ1) is 14.5. The molecule has 0 saturated carbocycles. The number of rotatable bonds is 4. The van der Waals surface area contributed by atoms with Gasteiger partial charge in [-0.1, -0.05) is 38.1 Å². The SMILES string of the molecule is CCC(C)c1ccc(C(=O)c2cc(C)c(Br)s2)cc1. The lowest BCUT2D eigenvalue weighted by molar-refractivity contribution is 0.104. The highest BCUT2D eigenvalue weighted by atomic mass is 79.9. The van der Waals surface area contributed by atoms with Crippen molar-refractivity contribution in [3.05, 3.63) is 55.7 Å². The Morgan fingerprint density at radius 3 is 2.42 bits per heavy atom. The molecule has 0 spiro atoms. The molecule has 19 heavy (non-hydrogen) atoms. The normalized spacial score (nSPS) is 12.4. The van der Waals surface area contributed by atoms with Crippen LogP contribution in [0.15, 0.2) is 34.1 Å². The minimum atomic E-state index is 0.106. The van der Waals surface area contributed by atoms with Crippen LogP contribution < -0.4 is 0 Å². The zero-order chi connectivity index (χ0) is 14.0. The van der Waals surface area contributed by atoms with Gasteiger partial charge in [0.15, 0.2) is 0 Å². The van der Waals surface area contributed by atoms with E-state index in [0.29, 0.717) is 5.92 Å². The Hall–Kier alpha value is -0.930. The maximum Gasteiger partial charge on any atom is 0.202 e. The van der Waals surface area contributed by atoms with Crippen molar-refractivity contribution < 1.29 is 4.79 Å². The Bertz CT molecular complexity index is 564. The number of halogens is 1. The van der Waals surface area contributed by atoms with Crippen molar-refractivity contribution in [1.29, 1.82) is 0 Å². The summed E-state index contributed by atoms with van der Waals surface area (Å²) in [6, 6.07) is 9.95. The molecule has 0 radical (unpaired) electrons. The molecule has 0 amide bonds. The summed E-state index contributed by atoms with van der Waals surface area (Å²) in [5.41, 5.74) is 3.17. The number of benzene rings is 1. The molecule has 1 unspecified atom stereocenters. The second kappa shape index (κ2) is 6.02. The van der Waals surface area contributed by atoms with E-state index in [1.807, 2.05) is 25.1 Å². The van der Waals surface area contributed by atoms with Crippen molar-refractivity contribution in [3.8, 4) is 0 Å². The molecular formula is C16H17BrOS. The van der Waals surface area contributed by atoms with Gasteiger partial charge in [0, 0.05) is 5.56 Å². The largest absolute Gasteiger partial charge is 0.288 e. The average Bonchev–Trinajstić information content (AvgIpc) is 2.77. The Morgan fingerprint density at radius 1 is 1.32 bits per heavy atom. The van der Waals surface area contributed by atoms with Crippen LogP contribution in [0.25, 0.3) is 0 Å². The smallest absolute Gasteiger partial charge is 0.202 e. The number of thiophene rings is 1. The van der Waals surface area contributed by atoms with Gasteiger partial charge in [0.1, 0.15) is 0 Å². The van der Waals surface area contributed by atoms with E-state index >= 15 is 0 Å². The summed E-state index contributed by atoms with van der Waals surface area (Å²) in [7, 11) is 0. The van der Waals surface area contributed by atoms with Gasteiger partial charge in [-0.25, -0.2) is 0 Å². The molecule has 1 nitrogen and oxygen atoms in total. The summed E-state index contributed by atoms with van der Waals surface area (Å²) in [4.78, 5) is 13.1. The van der Waals surface area contributed by atoms with Crippen molar-refractivity contribution >= 4 is 33.0 Å². The van der Waals surface area contributed by atoms with Gasteiger partial charge in [-0.05, 0) is 52.4 Å². The number of carbonyl (C=O) groups excluding carboxylic acids is 1. The van der Waals surface area contributed by atoms with E-state index in [9.17, 15) is 4.79 Å². The van der Waals surface area contributed by atoms with E-state index in [4.69, 9.17) is 0 Å². The molecule has 2 aromatic rings. The van der Waals surface area contributed by atoms with Crippen molar-refractivity contribution in [2.24, 2.45) is 0 Å². The van der Waals surface area contributed by atoms with E-state index in [1.165, 1.54) is 16.9 Å². The third-order valence-corrected chi connectivity index (χ3v) is 5.57. The highest BCUT2D eigenvalue weighted by molar-refractivity contribution is 9.11. The van der Waals surface area contributed by atoms with Crippen molar-refractivity contribution in [2.45, 2.75) is 33.1 Å². The van der Waals surface area contributed by atoms with E-state index in [-0.39, 0.29) is 5.78 Å². The van der Waals surface area contributed by atoms with Crippen molar-refractivity contribution in [1.82, 2.24) is 0 Å². The molecule has 0 N–H and O–H groups in total. The van der Waals surface area contributed by atoms with Crippen LogP contribution in [-0.2, 0) is 0 Å². The van der Waals surface area contributed by atoms with Crippen LogP contribution in [0.5, 0.6) is 0 Å². The number of carbonyl (C=O) groups is 1. The molecule has 0 aliphatic heterocycles. The average molecular weight is 337 g/mol. The second-order valence-electron chi connectivity index (χ2n) is 4.83. The van der Waals surface area contributed by atoms with Crippen LogP contribution in [0.4, 0.5) is 0 Å². The molecule has 0 aliphatic rings. The summed E-state index contributed by atoms with van der Waals surface area (Å²) in [5.74, 6) is 0.650. The zero-order valence-corrected chi connectivity index (χ0v) is 13.8. The van der Waals surface area contributed by atoms with Crippen LogP contribution in [0, 0.1) is 6.92 Å². The van der Waals surface area contributed by atoms with Crippen molar-refractivity contribution in [2.75, 3.05) is 0 Å². The van der Waals surface area contributed by atoms with Gasteiger partial charge >= 0.3 is 0 Å². The standard InChI is InChI=1S/C16H17BrOS/c1-4-10(2)12-5-7-13(8-6-12)15(18)14-9-11(3)16(17)19-14/h5-10H,4H2,1-3H3. The number of aryl methyl sites for hydroxylation is 1. The first-order valence-corrected chi connectivity index (χ1v) is 8.04. The zero-order valence-electron chi connectivity index (χ0n) is 11.4. The van der Waals surface area contributed by atoms with Crippen LogP contribution in [0.1, 0.15) is 52.5 Å². The summed E-state index contributed by atoms with van der Waals surface area (Å²) >= 11 is 4.96. The molecule has 0 aliphatic carbocycles. The Balaban J connectivity index is 2.25. The minimum Gasteiger partial charge on any atom is -0.288 e. The number of hydrogen-bond donors (Lipinski definition) is 0. The molecule has 1 aromatic heterocycles. The molecule has 2 rings (SSSR count). The number of hydrogen-bond acceptors (Lipinski definition) is 2. The molecule has 100 valence electrons. The summed E-state index contributed by atoms with van der Waals surface area (Å²) in [6.45, 7) is 6.38. The molecule has 0 saturated heterocycles. The van der Waals surface area contributed by atoms with Crippen LogP contribution >= 0.6 is 27.3 Å². The van der Waals surface area contributed by atoms with E-state index in [0.717, 1.165) is 26.2 Å². The van der Waals surface area contributed by atoms with E-state index < -0.39 is 0 Å². The predicted octanol–water partition coefficient (Wildman–Crippen LogP) is 5.56. The quantitative estimate of drug-likeness (QED) is 0.667. The fraction of sp³-hybridized carbons (Fsp3) is 0.312. The lowest BCUT2D eigenvalue weighted by atomic mass is 9.96. The highest BCUT2D eigenvalue weighted by Gasteiger charge is 2.14. The maximum absolute atomic E-state index is 12.4. The fourth-order valence-corrected chi connectivity index (χ4v) is 3.41. The highest BCUT2D eigenvalue weighted by Crippen LogP contribution is 2.29. The van der Waals surface area contributed by atoms with Crippen LogP contribution in [0.2, 0.25) is 0 Å². The Labute approximate surface area is 126 Å². The second-order valence-corrected chi connectivity index (χ2v) is 7.20. The van der Waals surface area contributed by atoms with Gasteiger partial charge in [-0.2, -0.15) is 0 Å². The summed E-state index contributed by atoms with van der Waals surface area (Å²) < 4.78 is 1.03. The van der Waals surface area contributed by atoms with Gasteiger partial charge in [-0.15, -0.1) is 11.3 Å². The first-order valence-electron chi connectivity index (χ1n) is 6.43. The van der Waals surface area contributed by atoms with E-state index in [2.05, 4.69) is 41.9 Å². The van der Waals surface area contributed by atoms with Gasteiger partial charge in [-0.3, -0.25) is 4.79 Å². The van der Waals surface area contributed by atoms with Gasteiger partial charge < -0.3 is 0 Å². The Morgan fingerprint density at radius 2 is 1.95 bits per heavy atom. The predicted molar refractivity (Wildman–Crippen MR) is 85.3 cm³/mol. The first-order chi connectivity index (χ1) is 9.02. The van der Waals surface area contributed by atoms with Crippen molar-refractivity contribution in [3.63, 3.8) is 0 Å². The minimum absolute atomic E-state index is 0.106. The maximum atomic E-state index is 12.4. The monoisotopic (exact) mass is 336 g/mol. The van der Waals surface area contributed by atoms with Crippen LogP contribution in [-0.4, -0.2) is 5.78 Å². The summed E-state index contributed by atoms with van der Waals surface area (Å²) in [6.07, 6.45) is 1.12. The lowest BCUT2D eigenvalue weighted by Gasteiger charge is -2.09. The molecule has 1 heterocycles. The molecule has 0 fully saturated rings. The van der Waals surface area contributed by atoms with Crippen LogP contribution in [0.3, 0.4) is 0 Å². The van der Waals surface area contributed by atoms with Gasteiger partial charge in [0.05, 0.1) is 8.66 Å². The Kier molecular flexibility index (Phi) is 4.58. The van der Waals surface area contributed by atoms with Gasteiger partial charge in [0.2, 0.25) is 5.78 Å². The molecular weight excluding hydrogens is 320 g/mol. The summed E-state index contributed by atoms with van der Waals surface area (Å²) in [5, 5.41) is 0. The molecule has 1 aromatic carbocycles. The van der Waals surface area contributed by atoms with Gasteiger partial charge in [0.25, 0.3) is 0 Å². The lowest BCUT2D eigenvalue weighted by Crippen LogP contribution is -1.99.